The van der Waals surface area contributed by atoms with E-state index in [2.05, 4.69) is 20.6 Å². The van der Waals surface area contributed by atoms with Gasteiger partial charge in [-0.1, -0.05) is 40.8 Å². The van der Waals surface area contributed by atoms with Gasteiger partial charge in [0.05, 0.1) is 23.8 Å². The van der Waals surface area contributed by atoms with Crippen molar-refractivity contribution in [1.29, 1.82) is 0 Å². The zero-order valence-corrected chi connectivity index (χ0v) is 19.0. The van der Waals surface area contributed by atoms with E-state index >= 15 is 0 Å². The van der Waals surface area contributed by atoms with Crippen LogP contribution in [-0.4, -0.2) is 42.6 Å². The van der Waals surface area contributed by atoms with E-state index in [9.17, 15) is 9.59 Å². The average molecular weight is 480 g/mol. The number of ether oxygens (including phenoxy) is 2. The van der Waals surface area contributed by atoms with Gasteiger partial charge in [-0.05, 0) is 36.4 Å². The second-order valence-corrected chi connectivity index (χ2v) is 7.71. The Labute approximate surface area is 205 Å². The van der Waals surface area contributed by atoms with Crippen molar-refractivity contribution in [3.05, 3.63) is 108 Å². The molecule has 0 aliphatic heterocycles. The Kier molecular flexibility index (Phi) is 6.57. The van der Waals surface area contributed by atoms with Crippen LogP contribution in [-0.2, 0) is 13.2 Å². The van der Waals surface area contributed by atoms with Crippen LogP contribution in [0.2, 0.25) is 0 Å². The first kappa shape index (κ1) is 22.7. The quantitative estimate of drug-likeness (QED) is 0.279. The highest BCUT2D eigenvalue weighted by molar-refractivity contribution is 5.81. The van der Waals surface area contributed by atoms with Crippen molar-refractivity contribution >= 4 is 12.6 Å². The Morgan fingerprint density at radius 3 is 1.58 bits per heavy atom. The van der Waals surface area contributed by atoms with Crippen molar-refractivity contribution in [2.24, 2.45) is 0 Å². The van der Waals surface area contributed by atoms with Crippen molar-refractivity contribution in [1.82, 2.24) is 30.0 Å². The van der Waals surface area contributed by atoms with Crippen LogP contribution < -0.4 is 9.47 Å². The average Bonchev–Trinajstić information content (AvgIpc) is 3.61. The summed E-state index contributed by atoms with van der Waals surface area (Å²) in [4.78, 5) is 22.5. The van der Waals surface area contributed by atoms with Crippen molar-refractivity contribution in [3.8, 4) is 22.9 Å². The summed E-state index contributed by atoms with van der Waals surface area (Å²) in [5.74, 6) is 1.19. The lowest BCUT2D eigenvalue weighted by molar-refractivity contribution is 0.111. The maximum Gasteiger partial charge on any atom is 0.152 e. The number of aldehydes is 2. The fraction of sp³-hybridized carbons (Fsp3) is 0.0769. The largest absolute Gasteiger partial charge is 0.487 e. The van der Waals surface area contributed by atoms with Gasteiger partial charge in [0.25, 0.3) is 0 Å². The summed E-state index contributed by atoms with van der Waals surface area (Å²) in [7, 11) is 0. The predicted octanol–water partition coefficient (Wildman–Crippen LogP) is 3.63. The Morgan fingerprint density at radius 1 is 0.639 bits per heavy atom. The third kappa shape index (κ3) is 5.02. The molecule has 2 aromatic heterocycles. The van der Waals surface area contributed by atoms with Gasteiger partial charge in [-0.15, -0.1) is 10.2 Å². The second-order valence-electron chi connectivity index (χ2n) is 7.71. The summed E-state index contributed by atoms with van der Waals surface area (Å²) >= 11 is 0. The molecule has 0 N–H and O–H groups in total. The number of carbonyl (C=O) groups is 2. The molecular formula is C26H20N6O4. The molecule has 178 valence electrons. The monoisotopic (exact) mass is 480 g/mol. The molecule has 0 atom stereocenters. The molecule has 0 unspecified atom stereocenters. The first-order valence-electron chi connectivity index (χ1n) is 11.0. The van der Waals surface area contributed by atoms with Crippen molar-refractivity contribution in [3.63, 3.8) is 0 Å². The molecule has 0 saturated carbocycles. The normalized spacial score (nSPS) is 10.7. The number of hydrogen-bond donors (Lipinski definition) is 0. The first-order valence-corrected chi connectivity index (χ1v) is 11.0. The topological polar surface area (TPSA) is 114 Å². The van der Waals surface area contributed by atoms with Crippen LogP contribution in [0.3, 0.4) is 0 Å². The fourth-order valence-corrected chi connectivity index (χ4v) is 3.52. The first-order chi connectivity index (χ1) is 17.7. The van der Waals surface area contributed by atoms with Crippen molar-refractivity contribution < 1.29 is 19.1 Å². The molecule has 0 radical (unpaired) electrons. The second kappa shape index (κ2) is 10.4. The molecule has 0 fully saturated rings. The summed E-state index contributed by atoms with van der Waals surface area (Å²) < 4.78 is 14.8. The van der Waals surface area contributed by atoms with E-state index in [1.165, 1.54) is 0 Å². The van der Waals surface area contributed by atoms with Gasteiger partial charge in [0.2, 0.25) is 0 Å². The van der Waals surface area contributed by atoms with E-state index < -0.39 is 0 Å². The van der Waals surface area contributed by atoms with Gasteiger partial charge < -0.3 is 9.47 Å². The zero-order valence-electron chi connectivity index (χ0n) is 19.0. The molecule has 0 bridgehead atoms. The number of nitrogens with zero attached hydrogens (tertiary/aromatic N) is 6. The van der Waals surface area contributed by atoms with E-state index in [0.717, 1.165) is 12.6 Å². The lowest BCUT2D eigenvalue weighted by Crippen LogP contribution is -1.99. The van der Waals surface area contributed by atoms with Crippen LogP contribution in [0.1, 0.15) is 32.1 Å². The van der Waals surface area contributed by atoms with Crippen LogP contribution in [0.25, 0.3) is 11.4 Å². The van der Waals surface area contributed by atoms with Crippen LogP contribution in [0, 0.1) is 0 Å². The van der Waals surface area contributed by atoms with E-state index in [1.54, 1.807) is 64.2 Å². The van der Waals surface area contributed by atoms with Gasteiger partial charge in [0, 0.05) is 17.2 Å². The summed E-state index contributed by atoms with van der Waals surface area (Å²) in [6, 6.07) is 21.5. The van der Waals surface area contributed by atoms with Gasteiger partial charge >= 0.3 is 0 Å². The van der Waals surface area contributed by atoms with E-state index in [0.29, 0.717) is 45.4 Å². The Morgan fingerprint density at radius 2 is 1.11 bits per heavy atom. The van der Waals surface area contributed by atoms with E-state index in [4.69, 9.17) is 9.47 Å². The number of hydrogen-bond acceptors (Lipinski definition) is 8. The molecule has 5 aromatic rings. The highest BCUT2D eigenvalue weighted by atomic mass is 16.5. The molecule has 2 heterocycles. The van der Waals surface area contributed by atoms with Gasteiger partial charge in [0.1, 0.15) is 36.1 Å². The molecule has 0 saturated heterocycles. The van der Waals surface area contributed by atoms with Gasteiger partial charge in [-0.25, -0.2) is 9.36 Å². The molecule has 5 rings (SSSR count). The molecule has 0 amide bonds. The lowest BCUT2D eigenvalue weighted by Gasteiger charge is -2.08. The zero-order chi connectivity index (χ0) is 24.7. The SMILES string of the molecule is O=Cc1ccccc1-n1cc(COc2cccc(OCc3cn(-c4ccccc4C=O)nn3)c2)nn1. The lowest BCUT2D eigenvalue weighted by atomic mass is 10.2. The summed E-state index contributed by atoms with van der Waals surface area (Å²) in [5, 5.41) is 16.4. The number of rotatable bonds is 10. The minimum Gasteiger partial charge on any atom is -0.487 e. The van der Waals surface area contributed by atoms with Gasteiger partial charge in [0.15, 0.2) is 12.6 Å². The van der Waals surface area contributed by atoms with Crippen molar-refractivity contribution in [2.75, 3.05) is 0 Å². The summed E-state index contributed by atoms with van der Waals surface area (Å²) in [6.45, 7) is 0.383. The molecule has 0 aliphatic rings. The Bertz CT molecular complexity index is 1400. The van der Waals surface area contributed by atoms with Crippen LogP contribution in [0.15, 0.2) is 85.2 Å². The maximum absolute atomic E-state index is 11.3. The minimum absolute atomic E-state index is 0.192. The van der Waals surface area contributed by atoms with Gasteiger partial charge in [-0.3, -0.25) is 9.59 Å². The Balaban J connectivity index is 1.20. The third-order valence-corrected chi connectivity index (χ3v) is 5.28. The standard InChI is InChI=1S/C26H20N6O4/c33-15-19-6-1-3-10-25(19)31-13-21(27-29-31)17-35-23-8-5-9-24(12-23)36-18-22-14-32(30-28-22)26-11-4-2-7-20(26)16-34/h1-16H,17-18H2. The molecule has 36 heavy (non-hydrogen) atoms. The highest BCUT2D eigenvalue weighted by Crippen LogP contribution is 2.22. The molecule has 10 nitrogen and oxygen atoms in total. The van der Waals surface area contributed by atoms with Gasteiger partial charge in [-0.2, -0.15) is 0 Å². The highest BCUT2D eigenvalue weighted by Gasteiger charge is 2.10. The molecule has 0 aliphatic carbocycles. The maximum atomic E-state index is 11.3. The number of carbonyl (C=O) groups excluding carboxylic acids is 2. The molecule has 3 aromatic carbocycles. The number of aromatic nitrogens is 6. The number of benzene rings is 3. The van der Waals surface area contributed by atoms with Crippen LogP contribution in [0.5, 0.6) is 11.5 Å². The van der Waals surface area contributed by atoms with E-state index in [1.807, 2.05) is 30.3 Å². The number of para-hydroxylation sites is 2. The molecule has 0 spiro atoms. The van der Waals surface area contributed by atoms with Crippen LogP contribution in [0.4, 0.5) is 0 Å². The third-order valence-electron chi connectivity index (χ3n) is 5.28. The Hall–Kier alpha value is -5.12. The summed E-state index contributed by atoms with van der Waals surface area (Å²) in [6.07, 6.45) is 5.00. The van der Waals surface area contributed by atoms with Crippen LogP contribution >= 0.6 is 0 Å². The predicted molar refractivity (Wildman–Crippen MR) is 129 cm³/mol. The molecular weight excluding hydrogens is 460 g/mol. The summed E-state index contributed by atoms with van der Waals surface area (Å²) in [5.41, 5.74) is 3.55. The van der Waals surface area contributed by atoms with E-state index in [-0.39, 0.29) is 13.2 Å². The van der Waals surface area contributed by atoms with Crippen molar-refractivity contribution in [2.45, 2.75) is 13.2 Å². The smallest absolute Gasteiger partial charge is 0.152 e. The minimum atomic E-state index is 0.192. The fourth-order valence-electron chi connectivity index (χ4n) is 3.52. The molecule has 10 heteroatoms.